The van der Waals surface area contributed by atoms with Crippen LogP contribution in [0.2, 0.25) is 0 Å². The Hall–Kier alpha value is -7.24. The van der Waals surface area contributed by atoms with Crippen LogP contribution >= 0.6 is 0 Å². The number of halogens is 1. The molecule has 9 rings (SSSR count). The molecule has 2 fully saturated rings. The number of nitrogens with one attached hydrogen (secondary N) is 2. The van der Waals surface area contributed by atoms with Gasteiger partial charge in [0.15, 0.2) is 5.65 Å². The number of carbonyl (C=O) groups excluding carboxylic acids is 4. The number of unbranched alkanes of at least 4 members (excludes halogenated alkanes) is 2. The van der Waals surface area contributed by atoms with Crippen molar-refractivity contribution in [1.82, 2.24) is 44.4 Å². The molecule has 4 N–H and O–H groups in total. The molecule has 2 saturated heterocycles. The van der Waals surface area contributed by atoms with E-state index in [2.05, 4.69) is 54.7 Å². The molecule has 0 spiro atoms. The zero-order valence-corrected chi connectivity index (χ0v) is 40.7. The maximum Gasteiger partial charge on any atom is 0.255 e. The summed E-state index contributed by atoms with van der Waals surface area (Å²) in [5, 5.41) is 5.74. The Kier molecular flexibility index (Phi) is 15.3. The fourth-order valence-electron chi connectivity index (χ4n) is 10.2. The van der Waals surface area contributed by atoms with Crippen molar-refractivity contribution in [3.8, 4) is 16.9 Å². The number of aromatic nitrogens is 4. The van der Waals surface area contributed by atoms with Gasteiger partial charge in [0.05, 0.1) is 17.1 Å². The molecular formula is C54H63FN12O4. The standard InChI is InChI=1S/C54H63FN12O4/c1-3-8-49(53(70)59-36-68)66-35-43-42(54(66)71)9-7-10-46(43)58-33-38-12-14-39(15-13-38)34-63-25-23-62(24-26-63)22-6-4-5-11-51(69)65-29-27-64(28-30-65)48-19-16-41(32-44(48)55)67-37(2)60-47-18-17-45(61-52(47)67)40-20-21-57-50(56)31-40/h7,9-10,12-21,31-32,36,49,58H,3-6,8,11,22-30,33-35H2,1-2H3,(H2,56,57)(H,59,68,70). The molecular weight excluding hydrogens is 900 g/mol. The lowest BCUT2D eigenvalue weighted by Crippen LogP contribution is -2.49. The second-order valence-electron chi connectivity index (χ2n) is 18.8. The number of hydrogen-bond acceptors (Lipinski definition) is 12. The van der Waals surface area contributed by atoms with Crippen LogP contribution in [-0.4, -0.2) is 128 Å². The minimum absolute atomic E-state index is 0.174. The third-order valence-electron chi connectivity index (χ3n) is 14.1. The number of amides is 4. The van der Waals surface area contributed by atoms with Gasteiger partial charge in [0.1, 0.15) is 29.0 Å². The van der Waals surface area contributed by atoms with Crippen LogP contribution in [0.1, 0.15) is 78.3 Å². The second-order valence-corrected chi connectivity index (χ2v) is 18.8. The number of hydrogen-bond donors (Lipinski definition) is 3. The highest BCUT2D eigenvalue weighted by molar-refractivity contribution is 6.03. The van der Waals surface area contributed by atoms with E-state index in [0.717, 1.165) is 86.6 Å². The van der Waals surface area contributed by atoms with Gasteiger partial charge in [-0.05, 0) is 92.4 Å². The van der Waals surface area contributed by atoms with Crippen molar-refractivity contribution in [3.05, 3.63) is 125 Å². The maximum atomic E-state index is 15.8. The molecule has 0 saturated carbocycles. The van der Waals surface area contributed by atoms with Gasteiger partial charge < -0.3 is 30.7 Å². The lowest BCUT2D eigenvalue weighted by molar-refractivity contribution is -0.132. The molecule has 1 atom stereocenters. The Labute approximate surface area is 414 Å². The van der Waals surface area contributed by atoms with Gasteiger partial charge in [0.2, 0.25) is 18.2 Å². The molecule has 0 bridgehead atoms. The topological polar surface area (TPSA) is 178 Å². The second kappa shape index (κ2) is 22.2. The normalized spacial score (nSPS) is 15.8. The summed E-state index contributed by atoms with van der Waals surface area (Å²) in [7, 11) is 0. The van der Waals surface area contributed by atoms with Gasteiger partial charge in [0, 0.05) is 113 Å². The van der Waals surface area contributed by atoms with E-state index < -0.39 is 11.9 Å². The minimum Gasteiger partial charge on any atom is -0.384 e. The number of piperazine rings is 2. The number of nitrogen functional groups attached to an aromatic ring is 1. The van der Waals surface area contributed by atoms with Crippen LogP contribution in [0.25, 0.3) is 28.1 Å². The van der Waals surface area contributed by atoms with Crippen molar-refractivity contribution >= 4 is 52.5 Å². The average molecular weight is 963 g/mol. The Morgan fingerprint density at radius 2 is 1.63 bits per heavy atom. The number of pyridine rings is 2. The maximum absolute atomic E-state index is 15.8. The molecule has 3 aliphatic rings. The SMILES string of the molecule is CCCC(C(=O)NC=O)N1Cc2c(NCc3ccc(CN4CCN(CCCCCC(=O)N5CCN(c6ccc(-n7c(C)nc8ccc(-c9ccnc(N)c9)nc87)cc6F)CC5)CC4)cc3)cccc2C1=O. The van der Waals surface area contributed by atoms with E-state index >= 15 is 4.39 Å². The first-order valence-corrected chi connectivity index (χ1v) is 24.9. The summed E-state index contributed by atoms with van der Waals surface area (Å²) in [5.41, 5.74) is 14.7. The van der Waals surface area contributed by atoms with E-state index in [1.54, 1.807) is 23.2 Å². The van der Waals surface area contributed by atoms with Gasteiger partial charge in [-0.2, -0.15) is 0 Å². The van der Waals surface area contributed by atoms with Crippen molar-refractivity contribution in [2.24, 2.45) is 0 Å². The van der Waals surface area contributed by atoms with E-state index in [1.807, 2.05) is 70.7 Å². The first-order chi connectivity index (χ1) is 34.6. The van der Waals surface area contributed by atoms with E-state index in [4.69, 9.17) is 10.7 Å². The van der Waals surface area contributed by atoms with Crippen molar-refractivity contribution in [1.29, 1.82) is 0 Å². The summed E-state index contributed by atoms with van der Waals surface area (Å²) >= 11 is 0. The summed E-state index contributed by atoms with van der Waals surface area (Å²) in [6.45, 7) is 13.0. The first-order valence-electron chi connectivity index (χ1n) is 24.9. The number of rotatable bonds is 19. The number of nitrogens with zero attached hydrogens (tertiary/aromatic N) is 9. The number of carbonyl (C=O) groups is 4. The largest absolute Gasteiger partial charge is 0.384 e. The first kappa shape index (κ1) is 48.8. The van der Waals surface area contributed by atoms with Gasteiger partial charge in [0.25, 0.3) is 5.91 Å². The zero-order chi connectivity index (χ0) is 49.4. The Bertz CT molecular complexity index is 2870. The summed E-state index contributed by atoms with van der Waals surface area (Å²) in [6, 6.07) is 26.3. The molecule has 1 unspecified atom stereocenters. The molecule has 4 amide bonds. The van der Waals surface area contributed by atoms with E-state index in [1.165, 1.54) is 11.6 Å². The number of anilines is 3. The molecule has 370 valence electrons. The van der Waals surface area contributed by atoms with E-state index in [-0.39, 0.29) is 17.6 Å². The fourth-order valence-corrected chi connectivity index (χ4v) is 10.2. The van der Waals surface area contributed by atoms with Crippen LogP contribution in [-0.2, 0) is 34.0 Å². The van der Waals surface area contributed by atoms with Crippen LogP contribution in [0.5, 0.6) is 0 Å². The van der Waals surface area contributed by atoms with E-state index in [9.17, 15) is 19.2 Å². The number of imide groups is 1. The predicted molar refractivity (Wildman–Crippen MR) is 273 cm³/mol. The third-order valence-corrected chi connectivity index (χ3v) is 14.1. The summed E-state index contributed by atoms with van der Waals surface area (Å²) < 4.78 is 17.7. The van der Waals surface area contributed by atoms with Crippen molar-refractivity contribution < 1.29 is 23.6 Å². The quantitative estimate of drug-likeness (QED) is 0.0591. The molecule has 3 aromatic heterocycles. The Morgan fingerprint density at radius 1 is 0.859 bits per heavy atom. The predicted octanol–water partition coefficient (Wildman–Crippen LogP) is 6.55. The third kappa shape index (κ3) is 11.2. The minimum atomic E-state index is -0.699. The lowest BCUT2D eigenvalue weighted by atomic mass is 10.1. The monoisotopic (exact) mass is 963 g/mol. The Balaban J connectivity index is 0.663. The van der Waals surface area contributed by atoms with Crippen molar-refractivity contribution in [3.63, 3.8) is 0 Å². The molecule has 71 heavy (non-hydrogen) atoms. The molecule has 17 heteroatoms. The van der Waals surface area contributed by atoms with Crippen LogP contribution in [0, 0.1) is 12.7 Å². The van der Waals surface area contributed by atoms with Gasteiger partial charge in [-0.15, -0.1) is 0 Å². The van der Waals surface area contributed by atoms with Crippen LogP contribution < -0.4 is 21.3 Å². The summed E-state index contributed by atoms with van der Waals surface area (Å²) in [6.07, 6.45) is 6.67. The zero-order valence-electron chi connectivity index (χ0n) is 40.7. The number of imidazole rings is 1. The van der Waals surface area contributed by atoms with Gasteiger partial charge in [-0.25, -0.2) is 19.3 Å². The van der Waals surface area contributed by atoms with Crippen LogP contribution in [0.15, 0.2) is 91.1 Å². The molecule has 16 nitrogen and oxygen atoms in total. The molecule has 0 radical (unpaired) electrons. The van der Waals surface area contributed by atoms with Crippen molar-refractivity contribution in [2.45, 2.75) is 78.0 Å². The molecule has 3 aliphatic heterocycles. The summed E-state index contributed by atoms with van der Waals surface area (Å²) in [5.74, 6) is 0.305. The fraction of sp³-hybridized carbons (Fsp3) is 0.389. The lowest BCUT2D eigenvalue weighted by Gasteiger charge is -2.36. The molecule has 6 aromatic rings. The van der Waals surface area contributed by atoms with E-state index in [0.29, 0.717) is 105 Å². The molecule has 6 heterocycles. The van der Waals surface area contributed by atoms with Gasteiger partial charge in [-0.1, -0.05) is 50.1 Å². The summed E-state index contributed by atoms with van der Waals surface area (Å²) in [4.78, 5) is 74.3. The highest BCUT2D eigenvalue weighted by Crippen LogP contribution is 2.33. The number of benzene rings is 3. The number of aryl methyl sites for hydroxylation is 1. The van der Waals surface area contributed by atoms with Crippen LogP contribution in [0.4, 0.5) is 21.6 Å². The smallest absolute Gasteiger partial charge is 0.255 e. The van der Waals surface area contributed by atoms with Crippen molar-refractivity contribution in [2.75, 3.05) is 74.9 Å². The van der Waals surface area contributed by atoms with Gasteiger partial charge >= 0.3 is 0 Å². The number of nitrogens with two attached hydrogens (primary N) is 1. The van der Waals surface area contributed by atoms with Crippen LogP contribution in [0.3, 0.4) is 0 Å². The highest BCUT2D eigenvalue weighted by atomic mass is 19.1. The number of fused-ring (bicyclic) bond motifs is 2. The average Bonchev–Trinajstić information content (AvgIpc) is 3.90. The molecule has 3 aromatic carbocycles. The van der Waals surface area contributed by atoms with Gasteiger partial charge in [-0.3, -0.25) is 34.0 Å². The highest BCUT2D eigenvalue weighted by Gasteiger charge is 2.37. The Morgan fingerprint density at radius 3 is 2.38 bits per heavy atom. The molecule has 0 aliphatic carbocycles.